The van der Waals surface area contributed by atoms with E-state index in [1.54, 1.807) is 31.2 Å². The fraction of sp³-hybridized carbons (Fsp3) is 0.182. The van der Waals surface area contributed by atoms with Gasteiger partial charge in [0, 0.05) is 5.56 Å². The van der Waals surface area contributed by atoms with E-state index in [0.29, 0.717) is 29.3 Å². The average Bonchev–Trinajstić information content (AvgIpc) is 2.73. The summed E-state index contributed by atoms with van der Waals surface area (Å²) >= 11 is 0. The number of carbonyl (C=O) groups excluding carboxylic acids is 1. The molecule has 82 valence electrons. The molecular weight excluding hydrogens is 208 g/mol. The van der Waals surface area contributed by atoms with Crippen molar-refractivity contribution in [2.45, 2.75) is 13.5 Å². The van der Waals surface area contributed by atoms with E-state index in [-0.39, 0.29) is 0 Å². The standard InChI is InChI=1S/C11H10N2O3/c1-8-11(13-16-12-8)7-15-10-4-2-9(6-14)3-5-10/h2-6H,7H2,1H3. The first-order valence-electron chi connectivity index (χ1n) is 4.75. The summed E-state index contributed by atoms with van der Waals surface area (Å²) in [5, 5.41) is 7.34. The van der Waals surface area contributed by atoms with E-state index in [9.17, 15) is 4.79 Å². The third-order valence-corrected chi connectivity index (χ3v) is 2.14. The molecule has 0 fully saturated rings. The largest absolute Gasteiger partial charge is 0.487 e. The van der Waals surface area contributed by atoms with Crippen LogP contribution in [-0.4, -0.2) is 16.6 Å². The Morgan fingerprint density at radius 2 is 2.06 bits per heavy atom. The predicted octanol–water partition coefficient (Wildman–Crippen LogP) is 1.77. The molecule has 0 unspecified atom stereocenters. The maximum Gasteiger partial charge on any atom is 0.150 e. The van der Waals surface area contributed by atoms with E-state index in [2.05, 4.69) is 14.9 Å². The van der Waals surface area contributed by atoms with Crippen molar-refractivity contribution in [1.29, 1.82) is 0 Å². The van der Waals surface area contributed by atoms with Crippen molar-refractivity contribution in [1.82, 2.24) is 10.3 Å². The Balaban J connectivity index is 1.99. The van der Waals surface area contributed by atoms with Crippen LogP contribution in [0.5, 0.6) is 5.75 Å². The van der Waals surface area contributed by atoms with E-state index in [1.807, 2.05) is 0 Å². The van der Waals surface area contributed by atoms with Crippen LogP contribution >= 0.6 is 0 Å². The molecule has 5 heteroatoms. The smallest absolute Gasteiger partial charge is 0.150 e. The molecule has 0 aliphatic carbocycles. The third kappa shape index (κ3) is 2.25. The fourth-order valence-corrected chi connectivity index (χ4v) is 1.17. The molecule has 2 rings (SSSR count). The summed E-state index contributed by atoms with van der Waals surface area (Å²) in [5.74, 6) is 0.674. The molecule has 0 atom stereocenters. The number of hydrogen-bond donors (Lipinski definition) is 0. The first kappa shape index (κ1) is 10.4. The highest BCUT2D eigenvalue weighted by atomic mass is 16.6. The monoisotopic (exact) mass is 218 g/mol. The number of aromatic nitrogens is 2. The SMILES string of the molecule is Cc1nonc1COc1ccc(C=O)cc1. The Hall–Kier alpha value is -2.17. The summed E-state index contributed by atoms with van der Waals surface area (Å²) in [6.07, 6.45) is 0.787. The van der Waals surface area contributed by atoms with Crippen molar-refractivity contribution in [2.75, 3.05) is 0 Å². The van der Waals surface area contributed by atoms with Gasteiger partial charge in [-0.2, -0.15) is 0 Å². The molecule has 0 amide bonds. The maximum absolute atomic E-state index is 10.4. The Morgan fingerprint density at radius 3 is 2.62 bits per heavy atom. The van der Waals surface area contributed by atoms with E-state index in [4.69, 9.17) is 4.74 Å². The highest BCUT2D eigenvalue weighted by Crippen LogP contribution is 2.13. The van der Waals surface area contributed by atoms with Crippen LogP contribution in [0.2, 0.25) is 0 Å². The second-order valence-electron chi connectivity index (χ2n) is 3.27. The van der Waals surface area contributed by atoms with Crippen LogP contribution in [0.3, 0.4) is 0 Å². The maximum atomic E-state index is 10.4. The summed E-state index contributed by atoms with van der Waals surface area (Å²) in [6, 6.07) is 6.84. The number of ether oxygens (including phenoxy) is 1. The fourth-order valence-electron chi connectivity index (χ4n) is 1.17. The van der Waals surface area contributed by atoms with E-state index in [1.165, 1.54) is 0 Å². The van der Waals surface area contributed by atoms with Gasteiger partial charge in [0.05, 0.1) is 0 Å². The van der Waals surface area contributed by atoms with Crippen LogP contribution in [0.15, 0.2) is 28.9 Å². The van der Waals surface area contributed by atoms with Crippen LogP contribution < -0.4 is 4.74 Å². The highest BCUT2D eigenvalue weighted by Gasteiger charge is 2.05. The van der Waals surface area contributed by atoms with Gasteiger partial charge >= 0.3 is 0 Å². The molecular formula is C11H10N2O3. The molecule has 0 N–H and O–H groups in total. The van der Waals surface area contributed by atoms with Crippen molar-refractivity contribution in [3.8, 4) is 5.75 Å². The number of benzene rings is 1. The normalized spacial score (nSPS) is 10.1. The number of rotatable bonds is 4. The van der Waals surface area contributed by atoms with Crippen LogP contribution in [-0.2, 0) is 6.61 Å². The molecule has 0 radical (unpaired) electrons. The first-order valence-corrected chi connectivity index (χ1v) is 4.75. The van der Waals surface area contributed by atoms with Gasteiger partial charge in [0.1, 0.15) is 30.0 Å². The number of aldehydes is 1. The van der Waals surface area contributed by atoms with Gasteiger partial charge in [-0.15, -0.1) is 0 Å². The minimum absolute atomic E-state index is 0.301. The molecule has 16 heavy (non-hydrogen) atoms. The summed E-state index contributed by atoms with van der Waals surface area (Å²) in [5.41, 5.74) is 2.00. The van der Waals surface area contributed by atoms with Gasteiger partial charge in [-0.1, -0.05) is 10.3 Å². The van der Waals surface area contributed by atoms with Crippen molar-refractivity contribution in [3.63, 3.8) is 0 Å². The predicted molar refractivity (Wildman–Crippen MR) is 55.2 cm³/mol. The quantitative estimate of drug-likeness (QED) is 0.731. The topological polar surface area (TPSA) is 65.2 Å². The molecule has 0 aliphatic heterocycles. The highest BCUT2D eigenvalue weighted by molar-refractivity contribution is 5.74. The number of hydrogen-bond acceptors (Lipinski definition) is 5. The summed E-state index contributed by atoms with van der Waals surface area (Å²) in [7, 11) is 0. The number of carbonyl (C=O) groups is 1. The zero-order valence-corrected chi connectivity index (χ0v) is 8.71. The van der Waals surface area contributed by atoms with Gasteiger partial charge in [0.25, 0.3) is 0 Å². The molecule has 0 spiro atoms. The van der Waals surface area contributed by atoms with E-state index in [0.717, 1.165) is 6.29 Å². The Labute approximate surface area is 92.0 Å². The molecule has 5 nitrogen and oxygen atoms in total. The van der Waals surface area contributed by atoms with Gasteiger partial charge in [0.15, 0.2) is 0 Å². The summed E-state index contributed by atoms with van der Waals surface area (Å²) < 4.78 is 10.00. The second-order valence-corrected chi connectivity index (χ2v) is 3.27. The van der Waals surface area contributed by atoms with Gasteiger partial charge in [0.2, 0.25) is 0 Å². The zero-order chi connectivity index (χ0) is 11.4. The molecule has 2 aromatic rings. The van der Waals surface area contributed by atoms with Gasteiger partial charge in [-0.25, -0.2) is 4.63 Å². The summed E-state index contributed by atoms with van der Waals surface area (Å²) in [4.78, 5) is 10.4. The van der Waals surface area contributed by atoms with Crippen molar-refractivity contribution >= 4 is 6.29 Å². The van der Waals surface area contributed by atoms with Crippen molar-refractivity contribution in [3.05, 3.63) is 41.2 Å². The molecule has 0 aliphatic rings. The molecule has 0 saturated heterocycles. The minimum Gasteiger partial charge on any atom is -0.487 e. The number of nitrogens with zero attached hydrogens (tertiary/aromatic N) is 2. The lowest BCUT2D eigenvalue weighted by Gasteiger charge is -2.03. The van der Waals surface area contributed by atoms with Gasteiger partial charge < -0.3 is 4.74 Å². The molecule has 1 aromatic heterocycles. The lowest BCUT2D eigenvalue weighted by atomic mass is 10.2. The minimum atomic E-state index is 0.301. The van der Waals surface area contributed by atoms with Gasteiger partial charge in [-0.3, -0.25) is 4.79 Å². The average molecular weight is 218 g/mol. The van der Waals surface area contributed by atoms with Crippen LogP contribution in [0.4, 0.5) is 0 Å². The Bertz CT molecular complexity index is 476. The Kier molecular flexibility index (Phi) is 2.95. The summed E-state index contributed by atoms with van der Waals surface area (Å²) in [6.45, 7) is 2.10. The van der Waals surface area contributed by atoms with Crippen molar-refractivity contribution in [2.24, 2.45) is 0 Å². The molecule has 0 bridgehead atoms. The van der Waals surface area contributed by atoms with Gasteiger partial charge in [-0.05, 0) is 31.2 Å². The van der Waals surface area contributed by atoms with Crippen LogP contribution in [0.1, 0.15) is 21.7 Å². The molecule has 0 saturated carbocycles. The lowest BCUT2D eigenvalue weighted by Crippen LogP contribution is -1.97. The third-order valence-electron chi connectivity index (χ3n) is 2.14. The van der Waals surface area contributed by atoms with E-state index < -0.39 is 0 Å². The van der Waals surface area contributed by atoms with Crippen molar-refractivity contribution < 1.29 is 14.2 Å². The van der Waals surface area contributed by atoms with E-state index >= 15 is 0 Å². The first-order chi connectivity index (χ1) is 7.79. The Morgan fingerprint density at radius 1 is 1.31 bits per heavy atom. The van der Waals surface area contributed by atoms with Crippen LogP contribution in [0.25, 0.3) is 0 Å². The molecule has 1 heterocycles. The second kappa shape index (κ2) is 4.57. The van der Waals surface area contributed by atoms with Crippen LogP contribution in [0, 0.1) is 6.92 Å². The zero-order valence-electron chi connectivity index (χ0n) is 8.71. The molecule has 1 aromatic carbocycles. The lowest BCUT2D eigenvalue weighted by molar-refractivity contribution is 0.112. The number of aryl methyl sites for hydroxylation is 1.